The van der Waals surface area contributed by atoms with E-state index < -0.39 is 34.0 Å². The van der Waals surface area contributed by atoms with Crippen molar-refractivity contribution in [3.63, 3.8) is 0 Å². The molecular formula is C17H25N3O6S. The number of hydrogen-bond donors (Lipinski definition) is 2. The molecule has 0 saturated carbocycles. The number of nitrogens with two attached hydrogens (primary N) is 1. The first-order valence-electron chi connectivity index (χ1n) is 8.06. The highest BCUT2D eigenvalue weighted by atomic mass is 32.2. The van der Waals surface area contributed by atoms with Crippen LogP contribution in [0.3, 0.4) is 0 Å². The van der Waals surface area contributed by atoms with E-state index in [-0.39, 0.29) is 22.9 Å². The van der Waals surface area contributed by atoms with E-state index in [0.717, 1.165) is 11.0 Å². The average Bonchev–Trinajstić information content (AvgIpc) is 2.49. The van der Waals surface area contributed by atoms with Gasteiger partial charge in [-0.25, -0.2) is 18.4 Å². The topological polar surface area (TPSA) is 136 Å². The number of aryl methyl sites for hydroxylation is 1. The Morgan fingerprint density at radius 3 is 2.33 bits per heavy atom. The number of carbonyl (C=O) groups is 3. The highest BCUT2D eigenvalue weighted by molar-refractivity contribution is 7.89. The highest BCUT2D eigenvalue weighted by Crippen LogP contribution is 2.16. The summed E-state index contributed by atoms with van der Waals surface area (Å²) in [7, 11) is -2.58. The number of primary sulfonamides is 1. The van der Waals surface area contributed by atoms with Crippen molar-refractivity contribution in [1.82, 2.24) is 10.2 Å². The van der Waals surface area contributed by atoms with Gasteiger partial charge in [0.25, 0.3) is 5.91 Å². The molecule has 0 spiro atoms. The molecule has 0 heterocycles. The first-order chi connectivity index (χ1) is 12.2. The molecule has 27 heavy (non-hydrogen) atoms. The van der Waals surface area contributed by atoms with E-state index in [0.29, 0.717) is 5.56 Å². The normalized spacial score (nSPS) is 11.6. The quantitative estimate of drug-likeness (QED) is 0.655. The zero-order chi connectivity index (χ0) is 21.0. The third kappa shape index (κ3) is 7.35. The van der Waals surface area contributed by atoms with Crippen LogP contribution in [0.25, 0.3) is 0 Å². The van der Waals surface area contributed by atoms with Gasteiger partial charge >= 0.3 is 5.97 Å². The Morgan fingerprint density at radius 2 is 1.81 bits per heavy atom. The van der Waals surface area contributed by atoms with Crippen molar-refractivity contribution in [2.75, 3.05) is 20.2 Å². The van der Waals surface area contributed by atoms with Gasteiger partial charge in [-0.2, -0.15) is 0 Å². The number of nitrogens with zero attached hydrogens (tertiary/aromatic N) is 1. The summed E-state index contributed by atoms with van der Waals surface area (Å²) in [5.41, 5.74) is -0.0971. The Morgan fingerprint density at radius 1 is 1.22 bits per heavy atom. The number of hydrogen-bond acceptors (Lipinski definition) is 6. The Bertz CT molecular complexity index is 843. The molecule has 0 aliphatic carbocycles. The van der Waals surface area contributed by atoms with E-state index in [2.05, 4.69) is 5.32 Å². The van der Waals surface area contributed by atoms with Crippen molar-refractivity contribution in [2.24, 2.45) is 5.14 Å². The maximum absolute atomic E-state index is 12.1. The maximum atomic E-state index is 12.1. The fourth-order valence-electron chi connectivity index (χ4n) is 2.12. The summed E-state index contributed by atoms with van der Waals surface area (Å²) in [6.45, 7) is 6.20. The second-order valence-electron chi connectivity index (χ2n) is 7.15. The van der Waals surface area contributed by atoms with Crippen molar-refractivity contribution < 1.29 is 27.5 Å². The zero-order valence-corrected chi connectivity index (χ0v) is 16.8. The molecule has 1 aromatic carbocycles. The molecule has 10 heteroatoms. The van der Waals surface area contributed by atoms with E-state index in [1.165, 1.54) is 26.1 Å². The molecule has 0 aromatic heterocycles. The fraction of sp³-hybridized carbons (Fsp3) is 0.471. The molecule has 0 saturated heterocycles. The molecule has 0 aliphatic rings. The van der Waals surface area contributed by atoms with E-state index in [1.54, 1.807) is 0 Å². The molecule has 0 bridgehead atoms. The number of amides is 2. The van der Waals surface area contributed by atoms with Gasteiger partial charge in [-0.05, 0) is 45.4 Å². The van der Waals surface area contributed by atoms with E-state index in [4.69, 9.17) is 9.88 Å². The minimum Gasteiger partial charge on any atom is -0.452 e. The molecule has 0 atom stereocenters. The summed E-state index contributed by atoms with van der Waals surface area (Å²) in [4.78, 5) is 36.8. The van der Waals surface area contributed by atoms with Crippen LogP contribution >= 0.6 is 0 Å². The number of esters is 1. The van der Waals surface area contributed by atoms with Gasteiger partial charge in [0.1, 0.15) is 0 Å². The van der Waals surface area contributed by atoms with Crippen molar-refractivity contribution >= 4 is 27.8 Å². The lowest BCUT2D eigenvalue weighted by Gasteiger charge is -2.23. The number of rotatable bonds is 6. The van der Waals surface area contributed by atoms with Crippen molar-refractivity contribution in [1.29, 1.82) is 0 Å². The minimum absolute atomic E-state index is 0.0504. The van der Waals surface area contributed by atoms with Crippen molar-refractivity contribution in [3.8, 4) is 0 Å². The Balaban J connectivity index is 2.69. The molecular weight excluding hydrogens is 374 g/mol. The largest absolute Gasteiger partial charge is 0.452 e. The first-order valence-corrected chi connectivity index (χ1v) is 9.61. The SMILES string of the molecule is Cc1ccc(C(=O)OCC(=O)N(C)CC(=O)NC(C)(C)C)cc1S(N)(=O)=O. The van der Waals surface area contributed by atoms with Crippen LogP contribution < -0.4 is 10.5 Å². The smallest absolute Gasteiger partial charge is 0.338 e. The molecule has 2 amide bonds. The molecule has 0 unspecified atom stereocenters. The Labute approximate surface area is 158 Å². The van der Waals surface area contributed by atoms with Gasteiger partial charge in [0.05, 0.1) is 17.0 Å². The summed E-state index contributed by atoms with van der Waals surface area (Å²) in [6, 6.07) is 3.89. The molecule has 0 fully saturated rings. The number of benzene rings is 1. The van der Waals surface area contributed by atoms with E-state index in [1.807, 2.05) is 20.8 Å². The first kappa shape index (κ1) is 22.6. The molecule has 9 nitrogen and oxygen atoms in total. The van der Waals surface area contributed by atoms with Crippen LogP contribution in [0, 0.1) is 6.92 Å². The third-order valence-electron chi connectivity index (χ3n) is 3.38. The Kier molecular flexibility index (Phi) is 7.10. The number of nitrogens with one attached hydrogen (secondary N) is 1. The van der Waals surface area contributed by atoms with Gasteiger partial charge in [-0.1, -0.05) is 6.07 Å². The number of carbonyl (C=O) groups excluding carboxylic acids is 3. The van der Waals surface area contributed by atoms with Crippen LogP contribution in [0.2, 0.25) is 0 Å². The zero-order valence-electron chi connectivity index (χ0n) is 16.0. The third-order valence-corrected chi connectivity index (χ3v) is 4.43. The van der Waals surface area contributed by atoms with Crippen LogP contribution in [0.1, 0.15) is 36.7 Å². The molecule has 0 aliphatic heterocycles. The van der Waals surface area contributed by atoms with Gasteiger partial charge < -0.3 is 15.0 Å². The van der Waals surface area contributed by atoms with Gasteiger partial charge in [0, 0.05) is 12.6 Å². The molecule has 150 valence electrons. The van der Waals surface area contributed by atoms with Crippen LogP contribution in [-0.2, 0) is 24.3 Å². The number of ether oxygens (including phenoxy) is 1. The molecule has 0 radical (unpaired) electrons. The molecule has 1 aromatic rings. The highest BCUT2D eigenvalue weighted by Gasteiger charge is 2.20. The van der Waals surface area contributed by atoms with Crippen LogP contribution in [0.5, 0.6) is 0 Å². The summed E-state index contributed by atoms with van der Waals surface area (Å²) >= 11 is 0. The molecule has 1 rings (SSSR count). The lowest BCUT2D eigenvalue weighted by atomic mass is 10.1. The van der Waals surface area contributed by atoms with Crippen LogP contribution in [0.4, 0.5) is 0 Å². The van der Waals surface area contributed by atoms with Crippen LogP contribution in [-0.4, -0.2) is 56.8 Å². The van der Waals surface area contributed by atoms with Crippen molar-refractivity contribution in [2.45, 2.75) is 38.1 Å². The predicted molar refractivity (Wildman–Crippen MR) is 98.4 cm³/mol. The molecule has 3 N–H and O–H groups in total. The predicted octanol–water partition coefficient (Wildman–Crippen LogP) is 0.172. The lowest BCUT2D eigenvalue weighted by Crippen LogP contribution is -2.46. The summed E-state index contributed by atoms with van der Waals surface area (Å²) in [5, 5.41) is 7.81. The van der Waals surface area contributed by atoms with Gasteiger partial charge in [0.15, 0.2) is 6.61 Å². The average molecular weight is 399 g/mol. The second-order valence-corrected chi connectivity index (χ2v) is 8.68. The maximum Gasteiger partial charge on any atom is 0.338 e. The van der Waals surface area contributed by atoms with E-state index >= 15 is 0 Å². The van der Waals surface area contributed by atoms with Gasteiger partial charge in [0.2, 0.25) is 15.9 Å². The fourth-order valence-corrected chi connectivity index (χ4v) is 2.92. The summed E-state index contributed by atoms with van der Waals surface area (Å²) in [6.07, 6.45) is 0. The monoisotopic (exact) mass is 399 g/mol. The van der Waals surface area contributed by atoms with E-state index in [9.17, 15) is 22.8 Å². The van der Waals surface area contributed by atoms with Gasteiger partial charge in [-0.15, -0.1) is 0 Å². The summed E-state index contributed by atoms with van der Waals surface area (Å²) in [5.74, 6) is -1.80. The number of likely N-dealkylation sites (N-methyl/N-ethyl adjacent to an activating group) is 1. The second kappa shape index (κ2) is 8.49. The lowest BCUT2D eigenvalue weighted by molar-refractivity contribution is -0.137. The minimum atomic E-state index is -3.99. The van der Waals surface area contributed by atoms with Crippen molar-refractivity contribution in [3.05, 3.63) is 29.3 Å². The number of sulfonamides is 1. The standard InChI is InChI=1S/C17H25N3O6S/c1-11-6-7-12(8-13(11)27(18,24)25)16(23)26-10-15(22)20(5)9-14(21)19-17(2,3)4/h6-8H,9-10H2,1-5H3,(H,19,21)(H2,18,24,25). The van der Waals surface area contributed by atoms with Gasteiger partial charge in [-0.3, -0.25) is 9.59 Å². The summed E-state index contributed by atoms with van der Waals surface area (Å²) < 4.78 is 27.9. The Hall–Kier alpha value is -2.46. The van der Waals surface area contributed by atoms with Crippen LogP contribution in [0.15, 0.2) is 23.1 Å².